The van der Waals surface area contributed by atoms with Crippen molar-refractivity contribution in [3.8, 4) is 0 Å². The Kier molecular flexibility index (Phi) is 4.04. The van der Waals surface area contributed by atoms with E-state index in [1.54, 1.807) is 18.2 Å². The quantitative estimate of drug-likeness (QED) is 0.853. The topological polar surface area (TPSA) is 56.9 Å². The monoisotopic (exact) mass is 252 g/mol. The van der Waals surface area contributed by atoms with Gasteiger partial charge in [-0.2, -0.15) is 0 Å². The fourth-order valence-electron chi connectivity index (χ4n) is 2.52. The maximum Gasteiger partial charge on any atom is 0.242 e. The molecule has 1 N–H and O–H groups in total. The number of rotatable bonds is 3. The highest BCUT2D eigenvalue weighted by Crippen LogP contribution is 2.17. The van der Waals surface area contributed by atoms with Crippen molar-refractivity contribution in [2.75, 3.05) is 26.7 Å². The largest absolute Gasteiger partial charge is 0.468 e. The van der Waals surface area contributed by atoms with Gasteiger partial charge >= 0.3 is 0 Å². The van der Waals surface area contributed by atoms with Crippen LogP contribution in [0.2, 0.25) is 0 Å². The molecule has 2 rings (SSSR count). The first-order valence-electron chi connectivity index (χ1n) is 6.24. The van der Waals surface area contributed by atoms with Crippen LogP contribution in [-0.2, 0) is 11.3 Å². The third-order valence-electron chi connectivity index (χ3n) is 3.35. The average Bonchev–Trinajstić information content (AvgIpc) is 2.78. The summed E-state index contributed by atoms with van der Waals surface area (Å²) in [6.45, 7) is 4.02. The van der Waals surface area contributed by atoms with Gasteiger partial charge in [-0.15, -0.1) is 0 Å². The molecule has 100 valence electrons. The minimum atomic E-state index is -0.468. The zero-order valence-electron chi connectivity index (χ0n) is 10.9. The third-order valence-corrected chi connectivity index (χ3v) is 3.35. The lowest BCUT2D eigenvalue weighted by Gasteiger charge is -2.27. The fourth-order valence-corrected chi connectivity index (χ4v) is 2.52. The first kappa shape index (κ1) is 13.1. The highest BCUT2D eigenvalue weighted by Gasteiger charge is 2.33. The lowest BCUT2D eigenvalue weighted by Crippen LogP contribution is -2.46. The van der Waals surface area contributed by atoms with Crippen molar-refractivity contribution in [3.63, 3.8) is 0 Å². The lowest BCUT2D eigenvalue weighted by atomic mass is 10.1. The molecule has 0 saturated carbocycles. The van der Waals surface area contributed by atoms with Crippen LogP contribution >= 0.6 is 0 Å². The Balaban J connectivity index is 2.16. The number of carbonyl (C=O) groups is 1. The summed E-state index contributed by atoms with van der Waals surface area (Å²) in [4.78, 5) is 15.9. The second-order valence-electron chi connectivity index (χ2n) is 5.03. The number of furan rings is 1. The van der Waals surface area contributed by atoms with E-state index in [-0.39, 0.29) is 12.5 Å². The number of hydrogen-bond donors (Lipinski definition) is 1. The van der Waals surface area contributed by atoms with Crippen LogP contribution in [0, 0.1) is 5.92 Å². The molecule has 1 saturated heterocycles. The maximum absolute atomic E-state index is 12.2. The van der Waals surface area contributed by atoms with Crippen molar-refractivity contribution < 1.29 is 14.3 Å². The molecule has 1 amide bonds. The summed E-state index contributed by atoms with van der Waals surface area (Å²) in [6, 6.07) is 3.25. The maximum atomic E-state index is 12.2. The van der Waals surface area contributed by atoms with Crippen LogP contribution in [0.1, 0.15) is 12.7 Å². The minimum Gasteiger partial charge on any atom is -0.468 e. The van der Waals surface area contributed by atoms with Crippen molar-refractivity contribution in [3.05, 3.63) is 24.2 Å². The highest BCUT2D eigenvalue weighted by atomic mass is 16.3. The molecule has 2 unspecified atom stereocenters. The number of aliphatic hydroxyl groups is 1. The number of nitrogens with zero attached hydrogens (tertiary/aromatic N) is 2. The van der Waals surface area contributed by atoms with Gasteiger partial charge < -0.3 is 14.4 Å². The van der Waals surface area contributed by atoms with Gasteiger partial charge in [0.2, 0.25) is 5.91 Å². The summed E-state index contributed by atoms with van der Waals surface area (Å²) in [5, 5.41) is 9.47. The van der Waals surface area contributed by atoms with Crippen LogP contribution in [0.5, 0.6) is 0 Å². The van der Waals surface area contributed by atoms with Crippen molar-refractivity contribution in [1.82, 2.24) is 9.80 Å². The summed E-state index contributed by atoms with van der Waals surface area (Å²) in [5.74, 6) is 1.18. The SMILES string of the molecule is CC1CN(C)C(=O)C(CO)N(Cc2ccco2)C1. The summed E-state index contributed by atoms with van der Waals surface area (Å²) in [6.07, 6.45) is 1.62. The summed E-state index contributed by atoms with van der Waals surface area (Å²) in [7, 11) is 1.79. The van der Waals surface area contributed by atoms with E-state index in [0.29, 0.717) is 12.5 Å². The Hall–Kier alpha value is -1.33. The van der Waals surface area contributed by atoms with Crippen molar-refractivity contribution in [2.24, 2.45) is 5.92 Å². The van der Waals surface area contributed by atoms with Gasteiger partial charge in [0, 0.05) is 20.1 Å². The smallest absolute Gasteiger partial charge is 0.242 e. The van der Waals surface area contributed by atoms with Crippen LogP contribution in [0.25, 0.3) is 0 Å². The minimum absolute atomic E-state index is 0.0200. The van der Waals surface area contributed by atoms with E-state index in [1.165, 1.54) is 0 Å². The molecule has 0 aliphatic carbocycles. The normalized spacial score (nSPS) is 26.4. The predicted octanol–water partition coefficient (Wildman–Crippen LogP) is 0.551. The number of hydrogen-bond acceptors (Lipinski definition) is 4. The van der Waals surface area contributed by atoms with Crippen molar-refractivity contribution >= 4 is 5.91 Å². The van der Waals surface area contributed by atoms with E-state index < -0.39 is 6.04 Å². The molecule has 0 spiro atoms. The fraction of sp³-hybridized carbons (Fsp3) is 0.615. The van der Waals surface area contributed by atoms with Crippen molar-refractivity contribution in [2.45, 2.75) is 19.5 Å². The molecular formula is C13H20N2O3. The first-order valence-corrected chi connectivity index (χ1v) is 6.24. The molecule has 1 aromatic rings. The van der Waals surface area contributed by atoms with Gasteiger partial charge in [0.25, 0.3) is 0 Å². The standard InChI is InChI=1S/C13H20N2O3/c1-10-6-14(2)13(17)12(9-16)15(7-10)8-11-4-3-5-18-11/h3-5,10,12,16H,6-9H2,1-2H3. The molecule has 0 bridgehead atoms. The summed E-state index contributed by atoms with van der Waals surface area (Å²) < 4.78 is 5.32. The van der Waals surface area contributed by atoms with E-state index in [2.05, 4.69) is 6.92 Å². The molecular weight excluding hydrogens is 232 g/mol. The number of carbonyl (C=O) groups excluding carboxylic acids is 1. The van der Waals surface area contributed by atoms with Gasteiger partial charge in [0.05, 0.1) is 19.4 Å². The molecule has 18 heavy (non-hydrogen) atoms. The van der Waals surface area contributed by atoms with Crippen LogP contribution in [0.4, 0.5) is 0 Å². The van der Waals surface area contributed by atoms with Gasteiger partial charge in [-0.1, -0.05) is 6.92 Å². The van der Waals surface area contributed by atoms with Crippen molar-refractivity contribution in [1.29, 1.82) is 0 Å². The Labute approximate surface area is 107 Å². The molecule has 2 heterocycles. The zero-order chi connectivity index (χ0) is 13.1. The molecule has 1 aliphatic rings. The number of likely N-dealkylation sites (N-methyl/N-ethyl adjacent to an activating group) is 1. The van der Waals surface area contributed by atoms with Gasteiger partial charge in [0.15, 0.2) is 0 Å². The lowest BCUT2D eigenvalue weighted by molar-refractivity contribution is -0.135. The first-order chi connectivity index (χ1) is 8.61. The van der Waals surface area contributed by atoms with Crippen LogP contribution < -0.4 is 0 Å². The number of amides is 1. The van der Waals surface area contributed by atoms with Crippen LogP contribution in [0.3, 0.4) is 0 Å². The van der Waals surface area contributed by atoms with Crippen LogP contribution in [-0.4, -0.2) is 53.6 Å². The second-order valence-corrected chi connectivity index (χ2v) is 5.03. The summed E-state index contributed by atoms with van der Waals surface area (Å²) in [5.41, 5.74) is 0. The average molecular weight is 252 g/mol. The van der Waals surface area contributed by atoms with Gasteiger partial charge in [0.1, 0.15) is 11.8 Å². The van der Waals surface area contributed by atoms with Crippen LogP contribution in [0.15, 0.2) is 22.8 Å². The molecule has 0 radical (unpaired) electrons. The van der Waals surface area contributed by atoms with E-state index in [9.17, 15) is 9.90 Å². The predicted molar refractivity (Wildman–Crippen MR) is 66.8 cm³/mol. The Morgan fingerprint density at radius 1 is 1.50 bits per heavy atom. The van der Waals surface area contributed by atoms with Gasteiger partial charge in [-0.3, -0.25) is 9.69 Å². The van der Waals surface area contributed by atoms with Gasteiger partial charge in [-0.25, -0.2) is 0 Å². The van der Waals surface area contributed by atoms with E-state index >= 15 is 0 Å². The van der Waals surface area contributed by atoms with E-state index in [0.717, 1.165) is 18.8 Å². The number of aliphatic hydroxyl groups excluding tert-OH is 1. The molecule has 1 aromatic heterocycles. The Bertz CT molecular complexity index is 391. The zero-order valence-corrected chi connectivity index (χ0v) is 10.9. The van der Waals surface area contributed by atoms with E-state index in [4.69, 9.17) is 4.42 Å². The Morgan fingerprint density at radius 3 is 2.89 bits per heavy atom. The molecule has 5 heteroatoms. The Morgan fingerprint density at radius 2 is 2.28 bits per heavy atom. The molecule has 2 atom stereocenters. The molecule has 5 nitrogen and oxygen atoms in total. The summed E-state index contributed by atoms with van der Waals surface area (Å²) >= 11 is 0. The third kappa shape index (κ3) is 2.73. The molecule has 0 aromatic carbocycles. The highest BCUT2D eigenvalue weighted by molar-refractivity contribution is 5.82. The molecule has 1 fully saturated rings. The van der Waals surface area contributed by atoms with E-state index in [1.807, 2.05) is 17.0 Å². The molecule has 1 aliphatic heterocycles. The second kappa shape index (κ2) is 5.54. The van der Waals surface area contributed by atoms with Gasteiger partial charge in [-0.05, 0) is 18.1 Å².